The molecule has 0 aromatic heterocycles. The third-order valence-electron chi connectivity index (χ3n) is 10.7. The van der Waals surface area contributed by atoms with Crippen molar-refractivity contribution in [3.05, 3.63) is 94.0 Å². The number of carbonyl (C=O) groups is 2. The number of hydrogen-bond acceptors (Lipinski definition) is 5. The summed E-state index contributed by atoms with van der Waals surface area (Å²) >= 11 is 13.2. The predicted molar refractivity (Wildman–Crippen MR) is 237 cm³/mol. The Morgan fingerprint density at radius 2 is 1.27 bits per heavy atom. The lowest BCUT2D eigenvalue weighted by molar-refractivity contribution is -0.143. The fourth-order valence-electron chi connectivity index (χ4n) is 7.38. The van der Waals surface area contributed by atoms with Crippen LogP contribution >= 0.6 is 23.2 Å². The number of carbonyl (C=O) groups excluding carboxylic acids is 3. The zero-order chi connectivity index (χ0) is 43.1. The number of rotatable bonds is 19. The van der Waals surface area contributed by atoms with Crippen LogP contribution in [0.3, 0.4) is 0 Å². The number of ether oxygens (including phenoxy) is 1. The van der Waals surface area contributed by atoms with Gasteiger partial charge in [0.05, 0.1) is 13.0 Å². The molecule has 0 saturated heterocycles. The second-order valence-electron chi connectivity index (χ2n) is 18.6. The fourth-order valence-corrected chi connectivity index (χ4v) is 7.93. The summed E-state index contributed by atoms with van der Waals surface area (Å²) in [6.45, 7) is 36.2. The molecule has 6 nitrogen and oxygen atoms in total. The number of esters is 1. The van der Waals surface area contributed by atoms with Crippen molar-refractivity contribution in [1.29, 1.82) is 0 Å². The van der Waals surface area contributed by atoms with E-state index in [2.05, 4.69) is 118 Å². The van der Waals surface area contributed by atoms with E-state index in [9.17, 15) is 14.4 Å². The van der Waals surface area contributed by atoms with E-state index in [4.69, 9.17) is 27.9 Å². The SMILES string of the molecule is C=CC(C(C)C)C(C)(CC(=O)NCCC(=O)OCC)c1ccc(CCC(C)(C)C)c(Cl)c1.C=CC(C(C)C)C(C)(N=C=O)c1ccc(CCC(C)(C)C)c(Cl)c1. The number of nitrogens with zero attached hydrogens (tertiary/aromatic N) is 1. The smallest absolute Gasteiger partial charge is 0.307 e. The van der Waals surface area contributed by atoms with Crippen LogP contribution in [-0.2, 0) is 42.9 Å². The lowest BCUT2D eigenvalue weighted by atomic mass is 9.65. The molecule has 0 heterocycles. The Labute approximate surface area is 350 Å². The van der Waals surface area contributed by atoms with Gasteiger partial charge < -0.3 is 10.1 Å². The Morgan fingerprint density at radius 3 is 1.66 bits per heavy atom. The minimum atomic E-state index is -0.705. The predicted octanol–water partition coefficient (Wildman–Crippen LogP) is 12.8. The van der Waals surface area contributed by atoms with E-state index in [-0.39, 0.29) is 53.9 Å². The molecular weight excluding hydrogens is 739 g/mol. The van der Waals surface area contributed by atoms with Crippen LogP contribution in [0.5, 0.6) is 0 Å². The molecule has 8 heteroatoms. The van der Waals surface area contributed by atoms with Gasteiger partial charge in [-0.05, 0) is 103 Å². The van der Waals surface area contributed by atoms with Crippen molar-refractivity contribution >= 4 is 41.2 Å². The number of halogens is 2. The van der Waals surface area contributed by atoms with Crippen molar-refractivity contribution in [2.45, 2.75) is 139 Å². The first kappa shape index (κ1) is 50.8. The summed E-state index contributed by atoms with van der Waals surface area (Å²) in [5.74, 6) is 0.287. The minimum absolute atomic E-state index is 0.0236. The maximum absolute atomic E-state index is 12.8. The fraction of sp³-hybridized carbons (Fsp3) is 0.604. The Kier molecular flexibility index (Phi) is 20.6. The molecule has 0 radical (unpaired) electrons. The summed E-state index contributed by atoms with van der Waals surface area (Å²) in [6.07, 6.45) is 9.97. The van der Waals surface area contributed by atoms with Crippen molar-refractivity contribution < 1.29 is 19.1 Å². The van der Waals surface area contributed by atoms with Crippen molar-refractivity contribution in [3.8, 4) is 0 Å². The van der Waals surface area contributed by atoms with E-state index in [1.54, 1.807) is 13.0 Å². The Bertz CT molecular complexity index is 1650. The molecule has 2 rings (SSSR count). The van der Waals surface area contributed by atoms with Gasteiger partial charge in [0.2, 0.25) is 12.0 Å². The van der Waals surface area contributed by atoms with Gasteiger partial charge in [0.25, 0.3) is 0 Å². The Balaban J connectivity index is 0.000000583. The molecular formula is C48H72Cl2N2O4. The molecule has 0 fully saturated rings. The van der Waals surface area contributed by atoms with E-state index in [0.29, 0.717) is 18.4 Å². The van der Waals surface area contributed by atoms with Crippen LogP contribution in [0.25, 0.3) is 0 Å². The number of aryl methyl sites for hydroxylation is 2. The maximum atomic E-state index is 12.8. The molecule has 1 N–H and O–H groups in total. The van der Waals surface area contributed by atoms with Gasteiger partial charge in [-0.25, -0.2) is 4.79 Å². The molecule has 2 aromatic rings. The summed E-state index contributed by atoms with van der Waals surface area (Å²) in [5.41, 5.74) is 3.54. The molecule has 56 heavy (non-hydrogen) atoms. The number of hydrogen-bond donors (Lipinski definition) is 1. The van der Waals surface area contributed by atoms with Crippen LogP contribution in [0.4, 0.5) is 0 Å². The van der Waals surface area contributed by atoms with Gasteiger partial charge in [-0.15, -0.1) is 13.2 Å². The van der Waals surface area contributed by atoms with Gasteiger partial charge in [-0.1, -0.05) is 136 Å². The minimum Gasteiger partial charge on any atom is -0.466 e. The van der Waals surface area contributed by atoms with Crippen LogP contribution in [0, 0.1) is 34.5 Å². The average molecular weight is 812 g/mol. The van der Waals surface area contributed by atoms with E-state index >= 15 is 0 Å². The summed E-state index contributed by atoms with van der Waals surface area (Å²) in [5, 5.41) is 4.35. The van der Waals surface area contributed by atoms with Crippen molar-refractivity contribution in [1.82, 2.24) is 5.32 Å². The molecule has 312 valence electrons. The lowest BCUT2D eigenvalue weighted by Crippen LogP contribution is -2.40. The first-order chi connectivity index (χ1) is 25.9. The van der Waals surface area contributed by atoms with Gasteiger partial charge in [-0.2, -0.15) is 4.99 Å². The van der Waals surface area contributed by atoms with E-state index in [1.807, 2.05) is 37.3 Å². The summed E-state index contributed by atoms with van der Waals surface area (Å²) in [6, 6.07) is 12.3. The highest BCUT2D eigenvalue weighted by atomic mass is 35.5. The number of aliphatic imine (C=N–C) groups is 1. The van der Waals surface area contributed by atoms with Crippen molar-refractivity contribution in [2.24, 2.45) is 39.5 Å². The Morgan fingerprint density at radius 1 is 0.804 bits per heavy atom. The Hall–Kier alpha value is -3.18. The molecule has 0 aliphatic heterocycles. The highest BCUT2D eigenvalue weighted by molar-refractivity contribution is 6.31. The molecule has 0 spiro atoms. The molecule has 4 unspecified atom stereocenters. The number of isocyanates is 1. The van der Waals surface area contributed by atoms with E-state index in [0.717, 1.165) is 58.0 Å². The summed E-state index contributed by atoms with van der Waals surface area (Å²) in [7, 11) is 0. The third kappa shape index (κ3) is 16.0. The zero-order valence-electron chi connectivity index (χ0n) is 36.8. The molecule has 1 amide bonds. The van der Waals surface area contributed by atoms with E-state index < -0.39 is 11.0 Å². The van der Waals surface area contributed by atoms with Crippen LogP contribution in [0.2, 0.25) is 10.0 Å². The molecule has 0 aliphatic carbocycles. The molecule has 2 aromatic carbocycles. The molecule has 0 bridgehead atoms. The van der Waals surface area contributed by atoms with Crippen LogP contribution in [0.15, 0.2) is 66.7 Å². The third-order valence-corrected chi connectivity index (χ3v) is 11.4. The van der Waals surface area contributed by atoms with Crippen LogP contribution in [0.1, 0.15) is 138 Å². The van der Waals surface area contributed by atoms with Crippen LogP contribution < -0.4 is 5.32 Å². The van der Waals surface area contributed by atoms with Gasteiger partial charge in [0.1, 0.15) is 5.54 Å². The second kappa shape index (κ2) is 22.7. The quantitative estimate of drug-likeness (QED) is 0.0663. The number of benzene rings is 2. The number of amides is 1. The monoisotopic (exact) mass is 810 g/mol. The average Bonchev–Trinajstić information content (AvgIpc) is 3.07. The zero-order valence-corrected chi connectivity index (χ0v) is 38.3. The number of nitrogens with one attached hydrogen (secondary N) is 1. The van der Waals surface area contributed by atoms with Gasteiger partial charge in [-0.3, -0.25) is 9.59 Å². The molecule has 4 atom stereocenters. The van der Waals surface area contributed by atoms with Gasteiger partial charge in [0.15, 0.2) is 0 Å². The van der Waals surface area contributed by atoms with Gasteiger partial charge >= 0.3 is 5.97 Å². The first-order valence-electron chi connectivity index (χ1n) is 20.2. The van der Waals surface area contributed by atoms with E-state index in [1.165, 1.54) is 0 Å². The summed E-state index contributed by atoms with van der Waals surface area (Å²) < 4.78 is 4.93. The topological polar surface area (TPSA) is 84.8 Å². The second-order valence-corrected chi connectivity index (χ2v) is 19.4. The standard InChI is InChI=1S/C27H42ClNO3.C21H30ClNO/c1-9-22(19(3)4)27(8,18-24(30)29-16-14-25(31)32-10-2)21-12-11-20(23(28)17-21)13-15-26(5,6)7;1-8-18(15(2)3)21(7,23-14-24)17-10-9-16(19(22)13-17)11-12-20(4,5)6/h9,11-12,17,19,22H,1,10,13-16,18H2,2-8H3,(H,29,30);8-10,13,15,18H,1,11-12H2,2-7H3. The molecule has 0 aliphatic rings. The number of allylic oxidation sites excluding steroid dienone is 1. The largest absolute Gasteiger partial charge is 0.466 e. The maximum Gasteiger partial charge on any atom is 0.307 e. The van der Waals surface area contributed by atoms with Crippen molar-refractivity contribution in [2.75, 3.05) is 13.2 Å². The highest BCUT2D eigenvalue weighted by Gasteiger charge is 2.39. The van der Waals surface area contributed by atoms with Gasteiger partial charge in [0, 0.05) is 34.3 Å². The first-order valence-corrected chi connectivity index (χ1v) is 21.0. The lowest BCUT2D eigenvalue weighted by Gasteiger charge is -2.39. The normalized spacial score (nSPS) is 14.9. The highest BCUT2D eigenvalue weighted by Crippen LogP contribution is 2.43. The van der Waals surface area contributed by atoms with Crippen molar-refractivity contribution in [3.63, 3.8) is 0 Å². The molecule has 0 saturated carbocycles. The summed E-state index contributed by atoms with van der Waals surface area (Å²) in [4.78, 5) is 39.6. The van der Waals surface area contributed by atoms with Crippen LogP contribution in [-0.4, -0.2) is 31.1 Å².